The fourth-order valence-electron chi connectivity index (χ4n) is 1.14. The fraction of sp³-hybridized carbons (Fsp3) is 1.00. The first-order chi connectivity index (χ1) is 6.61. The van der Waals surface area contributed by atoms with Gasteiger partial charge in [-0.1, -0.05) is 27.7 Å². The van der Waals surface area contributed by atoms with Crippen molar-refractivity contribution in [3.63, 3.8) is 0 Å². The third-order valence-corrected chi connectivity index (χ3v) is 3.55. The van der Waals surface area contributed by atoms with Crippen LogP contribution in [-0.2, 0) is 0 Å². The molecule has 86 valence electrons. The molecule has 0 spiro atoms. The summed E-state index contributed by atoms with van der Waals surface area (Å²) in [5, 5.41) is 12.8. The normalized spacial score (nSPS) is 15.9. The van der Waals surface area contributed by atoms with Crippen LogP contribution < -0.4 is 5.32 Å². The van der Waals surface area contributed by atoms with Crippen LogP contribution in [0.25, 0.3) is 0 Å². The molecule has 0 aliphatic heterocycles. The lowest BCUT2D eigenvalue weighted by Crippen LogP contribution is -2.37. The minimum absolute atomic E-state index is 0.281. The van der Waals surface area contributed by atoms with E-state index in [0.29, 0.717) is 17.2 Å². The summed E-state index contributed by atoms with van der Waals surface area (Å²) in [7, 11) is 0. The highest BCUT2D eigenvalue weighted by Gasteiger charge is 2.13. The van der Waals surface area contributed by atoms with Crippen LogP contribution in [0.3, 0.4) is 0 Å². The van der Waals surface area contributed by atoms with Crippen LogP contribution in [0.1, 0.15) is 34.1 Å². The van der Waals surface area contributed by atoms with Gasteiger partial charge in [0.2, 0.25) is 0 Å². The summed E-state index contributed by atoms with van der Waals surface area (Å²) in [6.45, 7) is 10.1. The quantitative estimate of drug-likeness (QED) is 0.656. The molecule has 0 aromatic carbocycles. The minimum Gasteiger partial charge on any atom is -0.395 e. The lowest BCUT2D eigenvalue weighted by Gasteiger charge is -2.23. The van der Waals surface area contributed by atoms with E-state index >= 15 is 0 Å². The number of aliphatic hydroxyl groups excluding tert-OH is 1. The highest BCUT2D eigenvalue weighted by Crippen LogP contribution is 2.15. The van der Waals surface area contributed by atoms with Gasteiger partial charge in [0.15, 0.2) is 0 Å². The molecule has 0 aliphatic carbocycles. The van der Waals surface area contributed by atoms with Gasteiger partial charge < -0.3 is 10.4 Å². The maximum absolute atomic E-state index is 8.92. The zero-order valence-corrected chi connectivity index (χ0v) is 10.7. The lowest BCUT2D eigenvalue weighted by molar-refractivity contribution is 0.299. The fourth-order valence-corrected chi connectivity index (χ4v) is 2.28. The standard InChI is InChI=1S/C11H25NOS/c1-5-6-12-11(9(2)3)8-14-10(4)7-13/h9-13H,5-8H2,1-4H3. The molecule has 0 fully saturated rings. The Morgan fingerprint density at radius 3 is 2.36 bits per heavy atom. The third-order valence-electron chi connectivity index (χ3n) is 2.28. The zero-order valence-electron chi connectivity index (χ0n) is 9.92. The van der Waals surface area contributed by atoms with Gasteiger partial charge in [-0.3, -0.25) is 0 Å². The van der Waals surface area contributed by atoms with E-state index in [1.807, 2.05) is 11.8 Å². The number of hydrogen-bond acceptors (Lipinski definition) is 3. The van der Waals surface area contributed by atoms with E-state index in [4.69, 9.17) is 5.11 Å². The second-order valence-electron chi connectivity index (χ2n) is 4.13. The van der Waals surface area contributed by atoms with E-state index in [1.54, 1.807) is 0 Å². The van der Waals surface area contributed by atoms with E-state index < -0.39 is 0 Å². The zero-order chi connectivity index (χ0) is 11.0. The highest BCUT2D eigenvalue weighted by molar-refractivity contribution is 7.99. The number of hydrogen-bond donors (Lipinski definition) is 2. The molecule has 2 nitrogen and oxygen atoms in total. The van der Waals surface area contributed by atoms with E-state index in [9.17, 15) is 0 Å². The molecule has 0 aromatic rings. The van der Waals surface area contributed by atoms with Gasteiger partial charge in [0.25, 0.3) is 0 Å². The van der Waals surface area contributed by atoms with Crippen molar-refractivity contribution in [2.24, 2.45) is 5.92 Å². The summed E-state index contributed by atoms with van der Waals surface area (Å²) in [6, 6.07) is 0.578. The van der Waals surface area contributed by atoms with Crippen LogP contribution >= 0.6 is 11.8 Å². The van der Waals surface area contributed by atoms with Crippen LogP contribution in [0.4, 0.5) is 0 Å². The van der Waals surface area contributed by atoms with Gasteiger partial charge in [-0.05, 0) is 18.9 Å². The van der Waals surface area contributed by atoms with Crippen molar-refractivity contribution in [2.75, 3.05) is 18.9 Å². The maximum atomic E-state index is 8.92. The Morgan fingerprint density at radius 2 is 1.93 bits per heavy atom. The van der Waals surface area contributed by atoms with Gasteiger partial charge in [-0.2, -0.15) is 11.8 Å². The summed E-state index contributed by atoms with van der Waals surface area (Å²) < 4.78 is 0. The molecule has 0 heterocycles. The van der Waals surface area contributed by atoms with Crippen molar-refractivity contribution in [3.05, 3.63) is 0 Å². The first-order valence-corrected chi connectivity index (χ1v) is 6.62. The molecule has 0 rings (SSSR count). The van der Waals surface area contributed by atoms with Crippen molar-refractivity contribution in [1.82, 2.24) is 5.32 Å². The second-order valence-corrected chi connectivity index (χ2v) is 5.60. The molecule has 0 bridgehead atoms. The summed E-state index contributed by atoms with van der Waals surface area (Å²) in [6.07, 6.45) is 1.18. The monoisotopic (exact) mass is 219 g/mol. The SMILES string of the molecule is CCCNC(CSC(C)CO)C(C)C. The summed E-state index contributed by atoms with van der Waals surface area (Å²) in [5.74, 6) is 1.76. The molecule has 14 heavy (non-hydrogen) atoms. The third kappa shape index (κ3) is 6.68. The van der Waals surface area contributed by atoms with Crippen LogP contribution in [0.5, 0.6) is 0 Å². The Morgan fingerprint density at radius 1 is 1.29 bits per heavy atom. The highest BCUT2D eigenvalue weighted by atomic mass is 32.2. The maximum Gasteiger partial charge on any atom is 0.0547 e. The first kappa shape index (κ1) is 14.3. The largest absolute Gasteiger partial charge is 0.395 e. The molecule has 0 radical (unpaired) electrons. The van der Waals surface area contributed by atoms with E-state index in [-0.39, 0.29) is 6.61 Å². The van der Waals surface area contributed by atoms with E-state index in [1.165, 1.54) is 6.42 Å². The smallest absolute Gasteiger partial charge is 0.0547 e. The van der Waals surface area contributed by atoms with Gasteiger partial charge in [-0.25, -0.2) is 0 Å². The molecule has 0 saturated carbocycles. The second kappa shape index (κ2) is 8.57. The molecule has 0 amide bonds. The van der Waals surface area contributed by atoms with Gasteiger partial charge in [-0.15, -0.1) is 0 Å². The Bertz CT molecular complexity index is 130. The predicted octanol–water partition coefficient (Wildman–Crippen LogP) is 2.12. The first-order valence-electron chi connectivity index (χ1n) is 5.57. The average Bonchev–Trinajstić information content (AvgIpc) is 2.16. The molecule has 2 unspecified atom stereocenters. The Hall–Kier alpha value is 0.270. The van der Waals surface area contributed by atoms with Crippen molar-refractivity contribution >= 4 is 11.8 Å². The predicted molar refractivity (Wildman–Crippen MR) is 65.9 cm³/mol. The topological polar surface area (TPSA) is 32.3 Å². The Labute approximate surface area is 92.9 Å². The van der Waals surface area contributed by atoms with Crippen LogP contribution in [0.15, 0.2) is 0 Å². The molecule has 0 aromatic heterocycles. The summed E-state index contributed by atoms with van der Waals surface area (Å²) in [4.78, 5) is 0. The molecule has 0 aliphatic rings. The average molecular weight is 219 g/mol. The van der Waals surface area contributed by atoms with Crippen LogP contribution in [-0.4, -0.2) is 35.3 Å². The molecule has 2 N–H and O–H groups in total. The van der Waals surface area contributed by atoms with Gasteiger partial charge >= 0.3 is 0 Å². The van der Waals surface area contributed by atoms with Gasteiger partial charge in [0.1, 0.15) is 0 Å². The van der Waals surface area contributed by atoms with E-state index in [2.05, 4.69) is 33.0 Å². The molecule has 0 saturated heterocycles. The molecular formula is C11H25NOS. The number of nitrogens with one attached hydrogen (secondary N) is 1. The van der Waals surface area contributed by atoms with Crippen molar-refractivity contribution in [2.45, 2.75) is 45.4 Å². The van der Waals surface area contributed by atoms with Crippen LogP contribution in [0.2, 0.25) is 0 Å². The van der Waals surface area contributed by atoms with Gasteiger partial charge in [0.05, 0.1) is 6.61 Å². The minimum atomic E-state index is 0.281. The summed E-state index contributed by atoms with van der Waals surface area (Å²) >= 11 is 1.85. The number of thioether (sulfide) groups is 1. The lowest BCUT2D eigenvalue weighted by atomic mass is 10.1. The van der Waals surface area contributed by atoms with Crippen molar-refractivity contribution in [1.29, 1.82) is 0 Å². The van der Waals surface area contributed by atoms with Crippen LogP contribution in [0, 0.1) is 5.92 Å². The van der Waals surface area contributed by atoms with E-state index in [0.717, 1.165) is 12.3 Å². The Balaban J connectivity index is 3.73. The van der Waals surface area contributed by atoms with Gasteiger partial charge in [0, 0.05) is 17.0 Å². The molecular weight excluding hydrogens is 194 g/mol. The van der Waals surface area contributed by atoms with Crippen molar-refractivity contribution in [3.8, 4) is 0 Å². The van der Waals surface area contributed by atoms with Crippen molar-refractivity contribution < 1.29 is 5.11 Å². The summed E-state index contributed by atoms with van der Waals surface area (Å²) in [5.41, 5.74) is 0. The number of aliphatic hydroxyl groups is 1. The molecule has 2 atom stereocenters. The number of rotatable bonds is 8. The Kier molecular flexibility index (Phi) is 8.73. The molecule has 3 heteroatoms.